The highest BCUT2D eigenvalue weighted by atomic mass is 19.3. The van der Waals surface area contributed by atoms with Crippen molar-refractivity contribution in [2.24, 2.45) is 0 Å². The number of rotatable bonds is 13. The number of H-pyrrole nitrogens is 4. The maximum atomic E-state index is 13.7. The number of carbonyl (C=O) groups is 1. The fourth-order valence-corrected chi connectivity index (χ4v) is 11.9. The van der Waals surface area contributed by atoms with E-state index in [0.717, 1.165) is 76.2 Å². The fourth-order valence-electron chi connectivity index (χ4n) is 11.9. The third kappa shape index (κ3) is 14.0. The van der Waals surface area contributed by atoms with Crippen LogP contribution in [0.15, 0.2) is 195 Å². The van der Waals surface area contributed by atoms with Crippen LogP contribution in [-0.4, -0.2) is 110 Å². The Bertz CT molecular complexity index is 5380. The molecule has 22 nitrogen and oxygen atoms in total. The number of anilines is 8. The third-order valence-electron chi connectivity index (χ3n) is 16.8. The van der Waals surface area contributed by atoms with E-state index in [1.54, 1.807) is 123 Å². The lowest BCUT2D eigenvalue weighted by atomic mass is 9.86. The first-order valence-electron chi connectivity index (χ1n) is 31.6. The zero-order valence-electron chi connectivity index (χ0n) is 54.2. The van der Waals surface area contributed by atoms with Gasteiger partial charge in [-0.1, -0.05) is 36.4 Å². The average molecular weight is 1380 g/mol. The zero-order chi connectivity index (χ0) is 71.1. The highest BCUT2D eigenvalue weighted by Crippen LogP contribution is 2.42. The number of amides is 1. The Hall–Kier alpha value is -12.9. The number of fused-ring (bicyclic) bond motifs is 8. The van der Waals surface area contributed by atoms with Crippen LogP contribution in [0.2, 0.25) is 0 Å². The summed E-state index contributed by atoms with van der Waals surface area (Å²) in [6, 6.07) is 42.4. The molecule has 102 heavy (non-hydrogen) atoms. The zero-order valence-corrected chi connectivity index (χ0v) is 54.2. The Morgan fingerprint density at radius 1 is 0.422 bits per heavy atom. The molecule has 5 aromatic carbocycles. The number of nitrogens with zero attached hydrogens (tertiary/aromatic N) is 13. The van der Waals surface area contributed by atoms with E-state index in [1.165, 1.54) is 23.5 Å². The number of nitrogens with one attached hydrogen (secondary N) is 8. The number of halogens is 8. The minimum atomic E-state index is -3.00. The summed E-state index contributed by atoms with van der Waals surface area (Å²) >= 11 is 0. The molecule has 0 atom stereocenters. The molecule has 0 spiro atoms. The topological polar surface area (TPSA) is 286 Å². The minimum Gasteiger partial charge on any atom is -0.340 e. The molecule has 1 aliphatic carbocycles. The fraction of sp³-hybridized carbons (Fsp3) is 0.153. The van der Waals surface area contributed by atoms with Crippen molar-refractivity contribution < 1.29 is 39.9 Å². The summed E-state index contributed by atoms with van der Waals surface area (Å²) in [5.74, 6) is -9.39. The molecule has 0 unspecified atom stereocenters. The number of aromatic nitrogens is 16. The predicted molar refractivity (Wildman–Crippen MR) is 374 cm³/mol. The van der Waals surface area contributed by atoms with Crippen molar-refractivity contribution >= 4 is 139 Å². The van der Waals surface area contributed by atoms with Crippen LogP contribution in [0.3, 0.4) is 0 Å². The molecule has 512 valence electrons. The van der Waals surface area contributed by atoms with Crippen molar-refractivity contribution in [2.45, 2.75) is 63.3 Å². The number of hydrogen-bond acceptors (Lipinski definition) is 17. The van der Waals surface area contributed by atoms with Crippen LogP contribution in [0.5, 0.6) is 0 Å². The van der Waals surface area contributed by atoms with Crippen LogP contribution in [0.25, 0.3) is 87.4 Å². The van der Waals surface area contributed by atoms with E-state index in [1.807, 2.05) is 60.7 Å². The molecule has 0 saturated heterocycles. The number of benzene rings is 5. The predicted octanol–water partition coefficient (Wildman–Crippen LogP) is 17.2. The van der Waals surface area contributed by atoms with Gasteiger partial charge in [0.2, 0.25) is 5.65 Å². The van der Waals surface area contributed by atoms with Gasteiger partial charge in [-0.25, -0.2) is 23.7 Å². The van der Waals surface area contributed by atoms with Crippen molar-refractivity contribution in [3.8, 4) is 0 Å². The minimum absolute atomic E-state index is 0.220. The first kappa shape index (κ1) is 66.3. The van der Waals surface area contributed by atoms with Crippen molar-refractivity contribution in [3.63, 3.8) is 0 Å². The molecule has 0 aliphatic heterocycles. The molecule has 1 saturated carbocycles. The van der Waals surface area contributed by atoms with Crippen LogP contribution >= 0.6 is 0 Å². The van der Waals surface area contributed by atoms with Gasteiger partial charge < -0.3 is 26.2 Å². The molecule has 11 heterocycles. The molecule has 17 rings (SSSR count). The van der Waals surface area contributed by atoms with Gasteiger partial charge in [-0.3, -0.25) is 50.1 Å². The van der Waals surface area contributed by atoms with Crippen LogP contribution in [0.1, 0.15) is 61.1 Å². The summed E-state index contributed by atoms with van der Waals surface area (Å²) in [4.78, 5) is 46.9. The Morgan fingerprint density at radius 2 is 0.843 bits per heavy atom. The molecule has 1 amide bonds. The van der Waals surface area contributed by atoms with E-state index in [2.05, 4.69) is 102 Å². The van der Waals surface area contributed by atoms with Gasteiger partial charge in [0.1, 0.15) is 33.9 Å². The monoisotopic (exact) mass is 1380 g/mol. The first-order valence-corrected chi connectivity index (χ1v) is 31.6. The van der Waals surface area contributed by atoms with Crippen molar-refractivity contribution in [1.82, 2.24) is 85.6 Å². The lowest BCUT2D eigenvalue weighted by molar-refractivity contribution is -0.112. The van der Waals surface area contributed by atoms with Crippen molar-refractivity contribution in [3.05, 3.63) is 218 Å². The highest BCUT2D eigenvalue weighted by molar-refractivity contribution is 6.08. The second-order valence-corrected chi connectivity index (χ2v) is 24.3. The van der Waals surface area contributed by atoms with Crippen LogP contribution < -0.4 is 21.3 Å². The summed E-state index contributed by atoms with van der Waals surface area (Å²) in [6.45, 7) is 2.55. The molecule has 8 N–H and O–H groups in total. The average Bonchev–Trinajstić information content (AvgIpc) is 1.69. The van der Waals surface area contributed by atoms with E-state index >= 15 is 0 Å². The Kier molecular flexibility index (Phi) is 17.4. The van der Waals surface area contributed by atoms with E-state index in [9.17, 15) is 39.9 Å². The maximum Gasteiger partial charge on any atom is 0.287 e. The molecule has 1 aliphatic rings. The van der Waals surface area contributed by atoms with Gasteiger partial charge in [-0.15, -0.1) is 0 Å². The summed E-state index contributed by atoms with van der Waals surface area (Å²) in [5, 5.41) is 46.8. The molecule has 1 fully saturated rings. The van der Waals surface area contributed by atoms with Crippen LogP contribution in [0.4, 0.5) is 81.1 Å². The highest BCUT2D eigenvalue weighted by Gasteiger charge is 2.48. The molecular weight excluding hydrogens is 1330 g/mol. The van der Waals surface area contributed by atoms with Crippen LogP contribution in [0, 0.1) is 0 Å². The summed E-state index contributed by atoms with van der Waals surface area (Å²) in [6.07, 6.45) is 11.8. The Balaban J connectivity index is 0.000000116. The van der Waals surface area contributed by atoms with E-state index in [-0.39, 0.29) is 35.8 Å². The Morgan fingerprint density at radius 3 is 1.35 bits per heavy atom. The first-order chi connectivity index (χ1) is 49.0. The van der Waals surface area contributed by atoms with Crippen molar-refractivity contribution in [2.75, 3.05) is 28.3 Å². The number of carbonyl (C=O) groups excluding carboxylic acids is 1. The molecule has 16 aromatic rings. The van der Waals surface area contributed by atoms with Gasteiger partial charge in [-0.2, -0.15) is 46.7 Å². The molecule has 0 bridgehead atoms. The van der Waals surface area contributed by atoms with Gasteiger partial charge in [0.15, 0.2) is 28.6 Å². The van der Waals surface area contributed by atoms with E-state index < -0.39 is 29.7 Å². The summed E-state index contributed by atoms with van der Waals surface area (Å²) in [5.41, 5.74) is 7.66. The number of aromatic amines is 4. The van der Waals surface area contributed by atoms with Gasteiger partial charge in [0.25, 0.3) is 29.6 Å². The summed E-state index contributed by atoms with van der Waals surface area (Å²) < 4.78 is 108. The van der Waals surface area contributed by atoms with Crippen LogP contribution in [-0.2, 0) is 17.8 Å². The largest absolute Gasteiger partial charge is 0.340 e. The molecule has 0 radical (unpaired) electrons. The molecule has 30 heteroatoms. The number of pyridine rings is 6. The second kappa shape index (κ2) is 26.7. The number of alkyl halides is 8. The van der Waals surface area contributed by atoms with E-state index in [0.29, 0.717) is 83.5 Å². The van der Waals surface area contributed by atoms with Gasteiger partial charge in [-0.05, 0) is 136 Å². The second-order valence-electron chi connectivity index (χ2n) is 24.3. The SMILES string of the molecule is CC(F)(F)c1nccc2cc(Nc3[nH]nc4ncccc34)ccc12.CC(F)(F)c1nccc2cc(Nc3[nH]nc4nccnc34)ccc12.CC(F)(F)c1nccc2cc(Nc3n[nH]c4cccnc34)ccc12.CN(C(=O)c1cccc2cc(Nc3n[nH]c4cccnc34)ccc12)C1CC(F)(F)C1. The van der Waals surface area contributed by atoms with Gasteiger partial charge in [0.05, 0.1) is 16.4 Å². The maximum absolute atomic E-state index is 13.7. The molecule has 11 aromatic heterocycles. The normalized spacial score (nSPS) is 13.1. The Labute approximate surface area is 571 Å². The standard InChI is InChI=1S/C22H19F2N5O.2C17H13F2N5.C16H12F2N6/c1-29(15-11-22(23,24)12-15)21(30)17-5-2-4-13-10-14(7-8-16(13)17)26-20-19-18(27-28-20)6-3-9-25-19;1-17(18,19)15-12-5-4-11(9-10(12)6-8-21-15)22-16-14-13(23-24-16)3-2-7-20-14;1-17(18,19)14-12-5-4-11(9-10(12)6-8-20-14)22-16-13-3-2-7-21-15(13)23-24-16;1-16(17,18)13-11-3-2-10(8-9(11)4-5-20-13)22-15-12-14(23-24-15)21-7-6-19-12/h2-10,15H,11-12H2,1H3,(H2,26,27,28);2-9H,1H3,(H2,22,23,24);2-9H,1H3,(H2,21,22,23,24);2-8H,1H3,(H2,21,22,23,24). The smallest absolute Gasteiger partial charge is 0.287 e. The lowest BCUT2D eigenvalue weighted by Gasteiger charge is -2.40. The lowest BCUT2D eigenvalue weighted by Crippen LogP contribution is -2.51. The quantitative estimate of drug-likeness (QED) is 0.0498. The summed E-state index contributed by atoms with van der Waals surface area (Å²) in [7, 11) is 1.59. The third-order valence-corrected chi connectivity index (χ3v) is 16.8. The number of hydrogen-bond donors (Lipinski definition) is 8. The van der Waals surface area contributed by atoms with E-state index in [4.69, 9.17) is 0 Å². The van der Waals surface area contributed by atoms with Gasteiger partial charge >= 0.3 is 0 Å². The van der Waals surface area contributed by atoms with Crippen molar-refractivity contribution in [1.29, 1.82) is 0 Å². The molecular formula is C72H57F8N21O. The van der Waals surface area contributed by atoms with Gasteiger partial charge in [0, 0.05) is 141 Å².